The summed E-state index contributed by atoms with van der Waals surface area (Å²) in [4.78, 5) is 21.6. The molecule has 5 heteroatoms. The molecule has 1 aliphatic carbocycles. The van der Waals surface area contributed by atoms with E-state index in [4.69, 9.17) is 5.11 Å². The fourth-order valence-corrected chi connectivity index (χ4v) is 2.33. The Labute approximate surface area is 138 Å². The highest BCUT2D eigenvalue weighted by Crippen LogP contribution is 2.38. The van der Waals surface area contributed by atoms with Crippen LogP contribution in [0.4, 0.5) is 5.69 Å². The highest BCUT2D eigenvalue weighted by atomic mass is 16.3. The Morgan fingerprint density at radius 1 is 1.26 bits per heavy atom. The fraction of sp³-hybridized carbons (Fsp3) is 0.556. The number of nitrogens with zero attached hydrogens (tertiary/aromatic N) is 2. The molecule has 128 valence electrons. The summed E-state index contributed by atoms with van der Waals surface area (Å²) >= 11 is 0. The number of fused-ring (bicyclic) bond motifs is 1. The molecule has 23 heavy (non-hydrogen) atoms. The van der Waals surface area contributed by atoms with Crippen molar-refractivity contribution in [1.82, 2.24) is 9.97 Å². The summed E-state index contributed by atoms with van der Waals surface area (Å²) in [5, 5.41) is 9.62. The molecule has 0 amide bonds. The Morgan fingerprint density at radius 3 is 2.48 bits per heavy atom. The molecule has 1 aliphatic rings. The van der Waals surface area contributed by atoms with Gasteiger partial charge in [-0.25, -0.2) is 4.98 Å². The summed E-state index contributed by atoms with van der Waals surface area (Å²) in [5.41, 5.74) is 1.45. The standard InChI is InChI=1S/C14H17N3O2.2C2H6/c1-17(7-8-18)11-4-2-3-10-12(11)14(19)16-13(15-10)9-5-6-9;2*1-2/h2-4,9,18H,5-8H2,1H3,(H,15,16,19);2*1-2H3. The molecule has 0 spiro atoms. The van der Waals surface area contributed by atoms with Gasteiger partial charge >= 0.3 is 0 Å². The minimum atomic E-state index is -0.0905. The molecule has 5 nitrogen and oxygen atoms in total. The number of likely N-dealkylation sites (N-methyl/N-ethyl adjacent to an activating group) is 1. The summed E-state index contributed by atoms with van der Waals surface area (Å²) in [6.45, 7) is 8.54. The molecule has 0 aliphatic heterocycles. The number of anilines is 1. The number of aliphatic hydroxyl groups excluding tert-OH is 1. The molecule has 1 aromatic heterocycles. The van der Waals surface area contributed by atoms with Gasteiger partial charge in [0, 0.05) is 19.5 Å². The molecule has 0 saturated heterocycles. The van der Waals surface area contributed by atoms with Gasteiger partial charge in [-0.3, -0.25) is 4.79 Å². The number of nitrogens with one attached hydrogen (secondary N) is 1. The average molecular weight is 319 g/mol. The summed E-state index contributed by atoms with van der Waals surface area (Å²) in [6.07, 6.45) is 2.22. The monoisotopic (exact) mass is 319 g/mol. The molecule has 2 N–H and O–H groups in total. The van der Waals surface area contributed by atoms with Crippen LogP contribution in [0.1, 0.15) is 52.3 Å². The van der Waals surface area contributed by atoms with E-state index in [9.17, 15) is 4.79 Å². The lowest BCUT2D eigenvalue weighted by Crippen LogP contribution is -2.23. The third-order valence-corrected chi connectivity index (χ3v) is 3.54. The SMILES string of the molecule is CC.CC.CN(CCO)c1cccc2nc(C3CC3)[nH]c(=O)c12. The maximum atomic E-state index is 12.3. The molecule has 1 fully saturated rings. The summed E-state index contributed by atoms with van der Waals surface area (Å²) in [7, 11) is 1.86. The van der Waals surface area contributed by atoms with Crippen molar-refractivity contribution in [3.63, 3.8) is 0 Å². The minimum Gasteiger partial charge on any atom is -0.395 e. The molecule has 1 aromatic carbocycles. The number of hydrogen-bond donors (Lipinski definition) is 2. The van der Waals surface area contributed by atoms with E-state index in [1.807, 2.05) is 57.8 Å². The number of aromatic nitrogens is 2. The third kappa shape index (κ3) is 4.55. The highest BCUT2D eigenvalue weighted by molar-refractivity contribution is 5.91. The zero-order valence-electron chi connectivity index (χ0n) is 14.9. The van der Waals surface area contributed by atoms with Gasteiger partial charge in [-0.1, -0.05) is 33.8 Å². The first-order chi connectivity index (χ1) is 11.2. The summed E-state index contributed by atoms with van der Waals surface area (Å²) in [6, 6.07) is 5.65. The van der Waals surface area contributed by atoms with Crippen molar-refractivity contribution in [2.75, 3.05) is 25.1 Å². The van der Waals surface area contributed by atoms with E-state index in [1.54, 1.807) is 0 Å². The van der Waals surface area contributed by atoms with Crippen LogP contribution in [0.25, 0.3) is 10.9 Å². The molecule has 1 saturated carbocycles. The average Bonchev–Trinajstić information content (AvgIpc) is 3.43. The highest BCUT2D eigenvalue weighted by Gasteiger charge is 2.26. The van der Waals surface area contributed by atoms with Gasteiger partial charge in [-0.15, -0.1) is 0 Å². The van der Waals surface area contributed by atoms with E-state index in [2.05, 4.69) is 9.97 Å². The van der Waals surface area contributed by atoms with Crippen molar-refractivity contribution >= 4 is 16.6 Å². The fourth-order valence-electron chi connectivity index (χ4n) is 2.33. The normalized spacial score (nSPS) is 12.8. The lowest BCUT2D eigenvalue weighted by atomic mass is 10.2. The predicted molar refractivity (Wildman–Crippen MR) is 97.4 cm³/mol. The van der Waals surface area contributed by atoms with Gasteiger partial charge in [-0.05, 0) is 25.0 Å². The number of aromatic amines is 1. The van der Waals surface area contributed by atoms with Gasteiger partial charge in [-0.2, -0.15) is 0 Å². The van der Waals surface area contributed by atoms with E-state index in [0.29, 0.717) is 17.8 Å². The Bertz CT molecular complexity index is 663. The molecule has 1 heterocycles. The van der Waals surface area contributed by atoms with E-state index in [-0.39, 0.29) is 12.2 Å². The van der Waals surface area contributed by atoms with Crippen molar-refractivity contribution in [3.8, 4) is 0 Å². The first-order valence-electron chi connectivity index (χ1n) is 8.55. The largest absolute Gasteiger partial charge is 0.395 e. The maximum absolute atomic E-state index is 12.3. The summed E-state index contributed by atoms with van der Waals surface area (Å²) in [5.74, 6) is 1.23. The first-order valence-corrected chi connectivity index (χ1v) is 8.55. The number of H-pyrrole nitrogens is 1. The van der Waals surface area contributed by atoms with Crippen LogP contribution >= 0.6 is 0 Å². The Kier molecular flexibility index (Phi) is 7.75. The van der Waals surface area contributed by atoms with Crippen LogP contribution in [0.5, 0.6) is 0 Å². The van der Waals surface area contributed by atoms with Crippen LogP contribution < -0.4 is 10.5 Å². The lowest BCUT2D eigenvalue weighted by Gasteiger charge is -2.19. The Balaban J connectivity index is 0.000000615. The van der Waals surface area contributed by atoms with Crippen molar-refractivity contribution in [1.29, 1.82) is 0 Å². The van der Waals surface area contributed by atoms with Crippen molar-refractivity contribution in [2.24, 2.45) is 0 Å². The second-order valence-electron chi connectivity index (χ2n) is 5.04. The van der Waals surface area contributed by atoms with Gasteiger partial charge < -0.3 is 15.0 Å². The lowest BCUT2D eigenvalue weighted by molar-refractivity contribution is 0.304. The molecule has 0 atom stereocenters. The van der Waals surface area contributed by atoms with Gasteiger partial charge in [0.25, 0.3) is 5.56 Å². The second-order valence-corrected chi connectivity index (χ2v) is 5.04. The van der Waals surface area contributed by atoms with E-state index in [0.717, 1.165) is 29.9 Å². The quantitative estimate of drug-likeness (QED) is 0.907. The van der Waals surface area contributed by atoms with Crippen molar-refractivity contribution in [3.05, 3.63) is 34.4 Å². The molecule has 2 aromatic rings. The topological polar surface area (TPSA) is 69.2 Å². The van der Waals surface area contributed by atoms with Gasteiger partial charge in [0.15, 0.2) is 0 Å². The number of rotatable bonds is 4. The van der Waals surface area contributed by atoms with Gasteiger partial charge in [0.2, 0.25) is 0 Å². The maximum Gasteiger partial charge on any atom is 0.260 e. The molecular formula is C18H29N3O2. The van der Waals surface area contributed by atoms with Crippen LogP contribution in [0.2, 0.25) is 0 Å². The zero-order chi connectivity index (χ0) is 17.4. The molecular weight excluding hydrogens is 290 g/mol. The molecule has 0 bridgehead atoms. The minimum absolute atomic E-state index is 0.0539. The number of aliphatic hydroxyl groups is 1. The van der Waals surface area contributed by atoms with Crippen LogP contribution in [0.3, 0.4) is 0 Å². The first kappa shape index (κ1) is 19.2. The predicted octanol–water partition coefficient (Wildman–Crippen LogP) is 3.28. The van der Waals surface area contributed by atoms with Gasteiger partial charge in [0.05, 0.1) is 23.2 Å². The van der Waals surface area contributed by atoms with E-state index < -0.39 is 0 Å². The van der Waals surface area contributed by atoms with Crippen LogP contribution in [0, 0.1) is 0 Å². The van der Waals surface area contributed by atoms with E-state index >= 15 is 0 Å². The van der Waals surface area contributed by atoms with Crippen LogP contribution in [-0.2, 0) is 0 Å². The number of benzene rings is 1. The molecule has 0 unspecified atom stereocenters. The van der Waals surface area contributed by atoms with Crippen LogP contribution in [0.15, 0.2) is 23.0 Å². The van der Waals surface area contributed by atoms with Crippen molar-refractivity contribution < 1.29 is 5.11 Å². The smallest absolute Gasteiger partial charge is 0.260 e. The third-order valence-electron chi connectivity index (χ3n) is 3.54. The second kappa shape index (κ2) is 9.30. The number of hydrogen-bond acceptors (Lipinski definition) is 4. The van der Waals surface area contributed by atoms with Crippen LogP contribution in [-0.4, -0.2) is 35.3 Å². The Hall–Kier alpha value is -1.88. The zero-order valence-corrected chi connectivity index (χ0v) is 14.9. The summed E-state index contributed by atoms with van der Waals surface area (Å²) < 4.78 is 0. The molecule has 0 radical (unpaired) electrons. The van der Waals surface area contributed by atoms with E-state index in [1.165, 1.54) is 0 Å². The van der Waals surface area contributed by atoms with Gasteiger partial charge in [0.1, 0.15) is 5.82 Å². The molecule has 3 rings (SSSR count). The Morgan fingerprint density at radius 2 is 1.91 bits per heavy atom. The van der Waals surface area contributed by atoms with Crippen molar-refractivity contribution in [2.45, 2.75) is 46.5 Å².